The predicted molar refractivity (Wildman–Crippen MR) is 78.1 cm³/mol. The van der Waals surface area contributed by atoms with Crippen molar-refractivity contribution in [3.8, 4) is 0 Å². The standard InChI is InChI=1S/C13H21N7O2/c1-2-5-20-13(15-16-17-20)19-8-6-18(7-9-19)12(22)11(21)14-10-3-4-10/h10H,2-9H2,1H3,(H,14,21). The van der Waals surface area contributed by atoms with Crippen molar-refractivity contribution in [1.82, 2.24) is 30.4 Å². The maximum Gasteiger partial charge on any atom is 0.312 e. The first-order valence-electron chi connectivity index (χ1n) is 7.80. The molecule has 3 rings (SSSR count). The molecule has 1 saturated carbocycles. The van der Waals surface area contributed by atoms with Crippen LogP contribution < -0.4 is 10.2 Å². The van der Waals surface area contributed by atoms with Crippen LogP contribution in [0, 0.1) is 0 Å². The van der Waals surface area contributed by atoms with Gasteiger partial charge in [0.2, 0.25) is 5.95 Å². The third-order valence-corrected chi connectivity index (χ3v) is 3.90. The van der Waals surface area contributed by atoms with E-state index in [1.807, 2.05) is 0 Å². The van der Waals surface area contributed by atoms with Crippen LogP contribution >= 0.6 is 0 Å². The van der Waals surface area contributed by atoms with E-state index in [1.54, 1.807) is 9.58 Å². The molecule has 2 fully saturated rings. The molecular weight excluding hydrogens is 286 g/mol. The number of nitrogens with zero attached hydrogens (tertiary/aromatic N) is 6. The zero-order valence-electron chi connectivity index (χ0n) is 12.7. The molecule has 1 aliphatic heterocycles. The monoisotopic (exact) mass is 307 g/mol. The predicted octanol–water partition coefficient (Wildman–Crippen LogP) is -0.990. The summed E-state index contributed by atoms with van der Waals surface area (Å²) in [4.78, 5) is 27.5. The lowest BCUT2D eigenvalue weighted by Crippen LogP contribution is -2.53. The average Bonchev–Trinajstić information content (AvgIpc) is 3.23. The zero-order valence-corrected chi connectivity index (χ0v) is 12.7. The molecular formula is C13H21N7O2. The summed E-state index contributed by atoms with van der Waals surface area (Å²) < 4.78 is 1.78. The van der Waals surface area contributed by atoms with Crippen LogP contribution in [-0.4, -0.2) is 69.1 Å². The molecule has 120 valence electrons. The number of aryl methyl sites for hydroxylation is 1. The summed E-state index contributed by atoms with van der Waals surface area (Å²) >= 11 is 0. The van der Waals surface area contributed by atoms with Crippen molar-refractivity contribution in [3.05, 3.63) is 0 Å². The molecule has 1 aliphatic carbocycles. The smallest absolute Gasteiger partial charge is 0.312 e. The van der Waals surface area contributed by atoms with Gasteiger partial charge in [-0.1, -0.05) is 12.0 Å². The molecule has 0 spiro atoms. The van der Waals surface area contributed by atoms with E-state index in [4.69, 9.17) is 0 Å². The Kier molecular flexibility index (Phi) is 4.21. The number of hydrogen-bond donors (Lipinski definition) is 1. The fraction of sp³-hybridized carbons (Fsp3) is 0.769. The summed E-state index contributed by atoms with van der Waals surface area (Å²) in [6.45, 7) is 5.12. The summed E-state index contributed by atoms with van der Waals surface area (Å²) in [7, 11) is 0. The van der Waals surface area contributed by atoms with Crippen LogP contribution in [0.1, 0.15) is 26.2 Å². The van der Waals surface area contributed by atoms with Gasteiger partial charge < -0.3 is 15.1 Å². The molecule has 0 radical (unpaired) electrons. The van der Waals surface area contributed by atoms with Gasteiger partial charge in [-0.15, -0.1) is 0 Å². The number of nitrogens with one attached hydrogen (secondary N) is 1. The van der Waals surface area contributed by atoms with Gasteiger partial charge in [0.1, 0.15) is 0 Å². The summed E-state index contributed by atoms with van der Waals surface area (Å²) in [6.07, 6.45) is 2.91. The van der Waals surface area contributed by atoms with Crippen LogP contribution in [-0.2, 0) is 16.1 Å². The van der Waals surface area contributed by atoms with E-state index in [2.05, 4.69) is 32.7 Å². The van der Waals surface area contributed by atoms with Gasteiger partial charge in [-0.2, -0.15) is 0 Å². The fourth-order valence-electron chi connectivity index (χ4n) is 2.51. The minimum Gasteiger partial charge on any atom is -0.345 e. The van der Waals surface area contributed by atoms with Crippen molar-refractivity contribution in [3.63, 3.8) is 0 Å². The van der Waals surface area contributed by atoms with Crippen molar-refractivity contribution in [1.29, 1.82) is 0 Å². The van der Waals surface area contributed by atoms with Crippen LogP contribution in [0.25, 0.3) is 0 Å². The van der Waals surface area contributed by atoms with Crippen LogP contribution in [0.15, 0.2) is 0 Å². The van der Waals surface area contributed by atoms with Crippen molar-refractivity contribution in [2.45, 2.75) is 38.8 Å². The van der Waals surface area contributed by atoms with E-state index in [1.165, 1.54) is 0 Å². The highest BCUT2D eigenvalue weighted by Gasteiger charge is 2.31. The second-order valence-electron chi connectivity index (χ2n) is 5.73. The summed E-state index contributed by atoms with van der Waals surface area (Å²) in [5, 5.41) is 14.5. The van der Waals surface area contributed by atoms with Crippen LogP contribution in [0.4, 0.5) is 5.95 Å². The number of tetrazole rings is 1. The Bertz CT molecular complexity index is 546. The molecule has 0 bridgehead atoms. The van der Waals surface area contributed by atoms with E-state index >= 15 is 0 Å². The molecule has 1 N–H and O–H groups in total. The minimum absolute atomic E-state index is 0.205. The fourth-order valence-corrected chi connectivity index (χ4v) is 2.51. The van der Waals surface area contributed by atoms with Crippen LogP contribution in [0.3, 0.4) is 0 Å². The Balaban J connectivity index is 1.54. The lowest BCUT2D eigenvalue weighted by atomic mass is 10.3. The van der Waals surface area contributed by atoms with Gasteiger partial charge in [-0.05, 0) is 29.7 Å². The van der Waals surface area contributed by atoms with Gasteiger partial charge in [0, 0.05) is 38.8 Å². The number of amides is 2. The third-order valence-electron chi connectivity index (χ3n) is 3.90. The maximum absolute atomic E-state index is 12.1. The van der Waals surface area contributed by atoms with Gasteiger partial charge in [0.05, 0.1) is 0 Å². The Morgan fingerprint density at radius 1 is 1.23 bits per heavy atom. The molecule has 22 heavy (non-hydrogen) atoms. The first-order chi connectivity index (χ1) is 10.7. The quantitative estimate of drug-likeness (QED) is 0.718. The highest BCUT2D eigenvalue weighted by atomic mass is 16.2. The number of carbonyl (C=O) groups excluding carboxylic acids is 2. The van der Waals surface area contributed by atoms with Crippen molar-refractivity contribution in [2.24, 2.45) is 0 Å². The second kappa shape index (κ2) is 6.29. The second-order valence-corrected chi connectivity index (χ2v) is 5.73. The first kappa shape index (κ1) is 14.7. The molecule has 1 saturated heterocycles. The van der Waals surface area contributed by atoms with E-state index < -0.39 is 11.8 Å². The summed E-state index contributed by atoms with van der Waals surface area (Å²) in [6, 6.07) is 0.205. The molecule has 9 nitrogen and oxygen atoms in total. The number of hydrogen-bond acceptors (Lipinski definition) is 6. The number of piperazine rings is 1. The van der Waals surface area contributed by atoms with Crippen LogP contribution in [0.5, 0.6) is 0 Å². The normalized spacial score (nSPS) is 18.4. The molecule has 2 heterocycles. The third kappa shape index (κ3) is 3.18. The minimum atomic E-state index is -0.480. The number of carbonyl (C=O) groups is 2. The van der Waals surface area contributed by atoms with Gasteiger partial charge in [0.25, 0.3) is 0 Å². The molecule has 0 atom stereocenters. The Morgan fingerprint density at radius 3 is 2.59 bits per heavy atom. The molecule has 0 aromatic carbocycles. The lowest BCUT2D eigenvalue weighted by molar-refractivity contribution is -0.146. The molecule has 2 amide bonds. The largest absolute Gasteiger partial charge is 0.345 e. The molecule has 2 aliphatic rings. The highest BCUT2D eigenvalue weighted by molar-refractivity contribution is 6.35. The van der Waals surface area contributed by atoms with Gasteiger partial charge in [-0.3, -0.25) is 9.59 Å². The SMILES string of the molecule is CCCn1nnnc1N1CCN(C(=O)C(=O)NC2CC2)CC1. The molecule has 1 aromatic rings. The number of anilines is 1. The van der Waals surface area contributed by atoms with E-state index in [9.17, 15) is 9.59 Å². The van der Waals surface area contributed by atoms with Crippen molar-refractivity contribution in [2.75, 3.05) is 31.1 Å². The molecule has 9 heteroatoms. The van der Waals surface area contributed by atoms with E-state index in [-0.39, 0.29) is 6.04 Å². The number of rotatable bonds is 4. The van der Waals surface area contributed by atoms with Crippen molar-refractivity contribution >= 4 is 17.8 Å². The van der Waals surface area contributed by atoms with Gasteiger partial charge in [-0.25, -0.2) is 4.68 Å². The number of aromatic nitrogens is 4. The van der Waals surface area contributed by atoms with Gasteiger partial charge in [0.15, 0.2) is 0 Å². The summed E-state index contributed by atoms with van der Waals surface area (Å²) in [5.41, 5.74) is 0. The Labute approximate surface area is 128 Å². The Hall–Kier alpha value is -2.19. The average molecular weight is 307 g/mol. The van der Waals surface area contributed by atoms with Crippen molar-refractivity contribution < 1.29 is 9.59 Å². The van der Waals surface area contributed by atoms with E-state index in [0.29, 0.717) is 26.2 Å². The zero-order chi connectivity index (χ0) is 15.5. The first-order valence-corrected chi connectivity index (χ1v) is 7.80. The highest BCUT2D eigenvalue weighted by Crippen LogP contribution is 2.18. The topological polar surface area (TPSA) is 96.2 Å². The lowest BCUT2D eigenvalue weighted by Gasteiger charge is -2.34. The maximum atomic E-state index is 12.1. The molecule has 1 aromatic heterocycles. The van der Waals surface area contributed by atoms with E-state index in [0.717, 1.165) is 31.8 Å². The molecule has 0 unspecified atom stereocenters. The Morgan fingerprint density at radius 2 is 1.95 bits per heavy atom. The van der Waals surface area contributed by atoms with Crippen LogP contribution in [0.2, 0.25) is 0 Å². The summed E-state index contributed by atoms with van der Waals surface area (Å²) in [5.74, 6) is -0.178. The van der Waals surface area contributed by atoms with Gasteiger partial charge >= 0.3 is 11.8 Å².